The Morgan fingerprint density at radius 3 is 2.97 bits per heavy atom. The maximum absolute atomic E-state index is 12.2. The lowest BCUT2D eigenvalue weighted by Crippen LogP contribution is -2.31. The number of nitrogens with one attached hydrogen (secondary N) is 1. The van der Waals surface area contributed by atoms with Crippen molar-refractivity contribution in [2.24, 2.45) is 0 Å². The fourth-order valence-corrected chi connectivity index (χ4v) is 3.67. The van der Waals surface area contributed by atoms with Gasteiger partial charge in [-0.05, 0) is 44.9 Å². The molecule has 1 atom stereocenters. The molecule has 1 amide bonds. The summed E-state index contributed by atoms with van der Waals surface area (Å²) < 4.78 is 11.3. The predicted octanol–water partition coefficient (Wildman–Crippen LogP) is 2.70. The van der Waals surface area contributed by atoms with Crippen molar-refractivity contribution >= 4 is 5.91 Å². The molecule has 1 aliphatic rings. The first-order valence-electron chi connectivity index (χ1n) is 10.3. The lowest BCUT2D eigenvalue weighted by Gasteiger charge is -2.21. The van der Waals surface area contributed by atoms with Gasteiger partial charge in [0.25, 0.3) is 0 Å². The normalized spacial score (nSPS) is 19.2. The number of carbonyl (C=O) groups excluding carboxylic acids is 1. The van der Waals surface area contributed by atoms with E-state index in [-0.39, 0.29) is 11.8 Å². The number of rotatable bonds is 4. The molecule has 4 rings (SSSR count). The molecule has 0 bridgehead atoms. The second-order valence-electron chi connectivity index (χ2n) is 7.56. The van der Waals surface area contributed by atoms with E-state index < -0.39 is 0 Å². The zero-order chi connectivity index (χ0) is 20.8. The Morgan fingerprint density at radius 1 is 1.23 bits per heavy atom. The maximum atomic E-state index is 12.2. The van der Waals surface area contributed by atoms with Crippen molar-refractivity contribution in [2.75, 3.05) is 19.6 Å². The molecular formula is C21H26N6O3. The number of carbonyl (C=O) groups is 1. The average Bonchev–Trinajstić information content (AvgIpc) is 3.39. The summed E-state index contributed by atoms with van der Waals surface area (Å²) in [5.74, 6) is 2.97. The fraction of sp³-hybridized carbons (Fsp3) is 0.476. The molecule has 0 aromatic carbocycles. The molecule has 3 aromatic rings. The Bertz CT molecular complexity index is 955. The number of furan rings is 1. The Morgan fingerprint density at radius 2 is 2.17 bits per heavy atom. The van der Waals surface area contributed by atoms with Gasteiger partial charge in [-0.3, -0.25) is 14.7 Å². The van der Waals surface area contributed by atoms with E-state index in [0.29, 0.717) is 43.5 Å². The molecule has 30 heavy (non-hydrogen) atoms. The van der Waals surface area contributed by atoms with Crippen LogP contribution in [-0.2, 0) is 11.3 Å². The average molecular weight is 410 g/mol. The second kappa shape index (κ2) is 9.62. The van der Waals surface area contributed by atoms with Crippen molar-refractivity contribution in [3.05, 3.63) is 48.1 Å². The second-order valence-corrected chi connectivity index (χ2v) is 7.56. The van der Waals surface area contributed by atoms with Crippen LogP contribution in [0.1, 0.15) is 49.0 Å². The summed E-state index contributed by atoms with van der Waals surface area (Å²) in [6.45, 7) is 4.79. The maximum Gasteiger partial charge on any atom is 0.230 e. The molecule has 1 aliphatic heterocycles. The summed E-state index contributed by atoms with van der Waals surface area (Å²) in [4.78, 5) is 27.3. The zero-order valence-corrected chi connectivity index (χ0v) is 17.1. The topological polar surface area (TPSA) is 110 Å². The first-order valence-corrected chi connectivity index (χ1v) is 10.3. The van der Waals surface area contributed by atoms with Crippen molar-refractivity contribution in [3.8, 4) is 11.5 Å². The van der Waals surface area contributed by atoms with Crippen LogP contribution < -0.4 is 5.32 Å². The van der Waals surface area contributed by atoms with E-state index in [1.807, 2.05) is 19.1 Å². The van der Waals surface area contributed by atoms with Gasteiger partial charge in [-0.15, -0.1) is 0 Å². The molecule has 0 spiro atoms. The van der Waals surface area contributed by atoms with Crippen LogP contribution in [0, 0.1) is 6.92 Å². The highest BCUT2D eigenvalue weighted by atomic mass is 16.5. The molecule has 0 saturated carbocycles. The minimum atomic E-state index is 0.0575. The van der Waals surface area contributed by atoms with E-state index in [4.69, 9.17) is 8.94 Å². The Kier molecular flexibility index (Phi) is 6.48. The number of aryl methyl sites for hydroxylation is 1. The van der Waals surface area contributed by atoms with Crippen LogP contribution in [0.2, 0.25) is 0 Å². The van der Waals surface area contributed by atoms with Crippen molar-refractivity contribution in [1.82, 2.24) is 30.3 Å². The van der Waals surface area contributed by atoms with Gasteiger partial charge in [0.2, 0.25) is 17.6 Å². The molecule has 158 valence electrons. The van der Waals surface area contributed by atoms with Crippen LogP contribution >= 0.6 is 0 Å². The quantitative estimate of drug-likeness (QED) is 0.699. The standard InChI is InChI=1S/C21H26N6O3/c1-15-4-5-17(29-15)14-27-11-2-3-16(6-8-24-19(28)7-12-27)21-25-20(26-30-21)18-13-22-9-10-23-18/h4-5,9-10,13,16H,2-3,6-8,11-12,14H2,1H3,(H,24,28). The van der Waals surface area contributed by atoms with Crippen LogP contribution in [0.15, 0.2) is 39.7 Å². The monoisotopic (exact) mass is 410 g/mol. The number of hydrogen-bond acceptors (Lipinski definition) is 8. The number of nitrogens with zero attached hydrogens (tertiary/aromatic N) is 5. The van der Waals surface area contributed by atoms with Crippen molar-refractivity contribution in [3.63, 3.8) is 0 Å². The molecular weight excluding hydrogens is 384 g/mol. The lowest BCUT2D eigenvalue weighted by molar-refractivity contribution is -0.121. The summed E-state index contributed by atoms with van der Waals surface area (Å²) in [5, 5.41) is 7.07. The predicted molar refractivity (Wildman–Crippen MR) is 108 cm³/mol. The van der Waals surface area contributed by atoms with E-state index in [1.165, 1.54) is 0 Å². The van der Waals surface area contributed by atoms with E-state index in [9.17, 15) is 4.79 Å². The van der Waals surface area contributed by atoms with Crippen LogP contribution in [0.4, 0.5) is 0 Å². The largest absolute Gasteiger partial charge is 0.465 e. The Balaban J connectivity index is 1.43. The molecule has 1 fully saturated rings. The van der Waals surface area contributed by atoms with Gasteiger partial charge in [0.05, 0.1) is 12.7 Å². The molecule has 1 N–H and O–H groups in total. The van der Waals surface area contributed by atoms with Crippen LogP contribution in [0.5, 0.6) is 0 Å². The SMILES string of the molecule is Cc1ccc(CN2CCCC(c3nc(-c4cnccn4)no3)CCNC(=O)CC2)o1. The van der Waals surface area contributed by atoms with Crippen LogP contribution in [0.25, 0.3) is 11.5 Å². The van der Waals surface area contributed by atoms with Gasteiger partial charge in [0, 0.05) is 37.8 Å². The van der Waals surface area contributed by atoms with Gasteiger partial charge in [0.15, 0.2) is 0 Å². The highest BCUT2D eigenvalue weighted by Crippen LogP contribution is 2.26. The summed E-state index contributed by atoms with van der Waals surface area (Å²) in [7, 11) is 0. The Hall–Kier alpha value is -3.07. The number of hydrogen-bond donors (Lipinski definition) is 1. The third-order valence-electron chi connectivity index (χ3n) is 5.26. The van der Waals surface area contributed by atoms with Crippen molar-refractivity contribution in [1.29, 1.82) is 0 Å². The van der Waals surface area contributed by atoms with Crippen LogP contribution in [-0.4, -0.2) is 50.5 Å². The van der Waals surface area contributed by atoms with E-state index in [2.05, 4.69) is 30.3 Å². The summed E-state index contributed by atoms with van der Waals surface area (Å²) in [5.41, 5.74) is 0.581. The van der Waals surface area contributed by atoms with Gasteiger partial charge in [-0.25, -0.2) is 4.98 Å². The van der Waals surface area contributed by atoms with Gasteiger partial charge >= 0.3 is 0 Å². The summed E-state index contributed by atoms with van der Waals surface area (Å²) >= 11 is 0. The highest BCUT2D eigenvalue weighted by molar-refractivity contribution is 5.76. The number of aromatic nitrogens is 4. The van der Waals surface area contributed by atoms with E-state index in [1.54, 1.807) is 18.6 Å². The first kappa shape index (κ1) is 20.2. The molecule has 4 heterocycles. The van der Waals surface area contributed by atoms with Crippen LogP contribution in [0.3, 0.4) is 0 Å². The van der Waals surface area contributed by atoms with E-state index >= 15 is 0 Å². The van der Waals surface area contributed by atoms with Crippen molar-refractivity contribution in [2.45, 2.75) is 45.1 Å². The highest BCUT2D eigenvalue weighted by Gasteiger charge is 2.22. The number of amides is 1. The first-order chi connectivity index (χ1) is 14.7. The van der Waals surface area contributed by atoms with E-state index in [0.717, 1.165) is 37.3 Å². The van der Waals surface area contributed by atoms with Gasteiger partial charge in [0.1, 0.15) is 17.2 Å². The molecule has 1 saturated heterocycles. The molecule has 1 unspecified atom stereocenters. The van der Waals surface area contributed by atoms with Crippen molar-refractivity contribution < 1.29 is 13.7 Å². The third-order valence-corrected chi connectivity index (χ3v) is 5.26. The zero-order valence-electron chi connectivity index (χ0n) is 17.1. The smallest absolute Gasteiger partial charge is 0.230 e. The molecule has 9 heteroatoms. The summed E-state index contributed by atoms with van der Waals surface area (Å²) in [6.07, 6.45) is 7.90. The molecule has 3 aromatic heterocycles. The molecule has 0 aliphatic carbocycles. The van der Waals surface area contributed by atoms with Gasteiger partial charge in [-0.1, -0.05) is 5.16 Å². The molecule has 0 radical (unpaired) electrons. The Labute approximate surface area is 174 Å². The third kappa shape index (κ3) is 5.29. The summed E-state index contributed by atoms with van der Waals surface area (Å²) in [6, 6.07) is 3.96. The molecule has 9 nitrogen and oxygen atoms in total. The van der Waals surface area contributed by atoms with Gasteiger partial charge in [-0.2, -0.15) is 4.98 Å². The van der Waals surface area contributed by atoms with Gasteiger partial charge < -0.3 is 14.3 Å². The minimum Gasteiger partial charge on any atom is -0.465 e. The fourth-order valence-electron chi connectivity index (χ4n) is 3.67. The minimum absolute atomic E-state index is 0.0575. The lowest BCUT2D eigenvalue weighted by atomic mass is 9.99.